The molecular weight excluding hydrogens is 362 g/mol. The van der Waals surface area contributed by atoms with E-state index in [0.29, 0.717) is 18.4 Å². The molecule has 0 amide bonds. The lowest BCUT2D eigenvalue weighted by Gasteiger charge is -2.38. The minimum absolute atomic E-state index is 0.160. The molecule has 0 radical (unpaired) electrons. The molecule has 0 saturated carbocycles. The number of aliphatic hydroxyl groups is 2. The summed E-state index contributed by atoms with van der Waals surface area (Å²) >= 11 is 0. The van der Waals surface area contributed by atoms with Gasteiger partial charge in [0.05, 0.1) is 23.9 Å². The van der Waals surface area contributed by atoms with Crippen molar-refractivity contribution in [1.29, 1.82) is 0 Å². The molecule has 0 spiro atoms. The molecule has 2 aromatic rings. The SMILES string of the molecule is C[C@H](O)CC[C@@H](C)O[C@@H]1O[C@@H](C)[C@H](OC(=O)c2c[nH]c3ccccc23)C[C@H]1O. The van der Waals surface area contributed by atoms with E-state index in [-0.39, 0.29) is 12.5 Å². The fraction of sp³-hybridized carbons (Fsp3) is 0.571. The largest absolute Gasteiger partial charge is 0.456 e. The number of H-pyrrole nitrogens is 1. The van der Waals surface area contributed by atoms with Crippen molar-refractivity contribution in [3.8, 4) is 0 Å². The van der Waals surface area contributed by atoms with Gasteiger partial charge in [-0.2, -0.15) is 0 Å². The molecule has 1 aliphatic rings. The number of aromatic nitrogens is 1. The predicted molar refractivity (Wildman–Crippen MR) is 104 cm³/mol. The van der Waals surface area contributed by atoms with Gasteiger partial charge in [-0.25, -0.2) is 4.79 Å². The first kappa shape index (κ1) is 20.8. The zero-order chi connectivity index (χ0) is 20.3. The Morgan fingerprint density at radius 2 is 2.07 bits per heavy atom. The lowest BCUT2D eigenvalue weighted by molar-refractivity contribution is -0.273. The van der Waals surface area contributed by atoms with Crippen LogP contribution in [0.3, 0.4) is 0 Å². The van der Waals surface area contributed by atoms with Crippen LogP contribution in [0.15, 0.2) is 30.5 Å². The lowest BCUT2D eigenvalue weighted by Crippen LogP contribution is -2.49. The first-order chi connectivity index (χ1) is 13.3. The summed E-state index contributed by atoms with van der Waals surface area (Å²) in [7, 11) is 0. The van der Waals surface area contributed by atoms with Gasteiger partial charge in [0.1, 0.15) is 12.2 Å². The Hall–Kier alpha value is -1.93. The molecule has 3 N–H and O–H groups in total. The van der Waals surface area contributed by atoms with Gasteiger partial charge in [0.15, 0.2) is 6.29 Å². The third-order valence-electron chi connectivity index (χ3n) is 5.09. The number of aromatic amines is 1. The van der Waals surface area contributed by atoms with Crippen LogP contribution in [0.5, 0.6) is 0 Å². The number of ether oxygens (including phenoxy) is 3. The van der Waals surface area contributed by atoms with Crippen LogP contribution in [0, 0.1) is 0 Å². The number of carbonyl (C=O) groups excluding carboxylic acids is 1. The number of benzene rings is 1. The van der Waals surface area contributed by atoms with Crippen molar-refractivity contribution in [3.63, 3.8) is 0 Å². The maximum atomic E-state index is 12.6. The topological polar surface area (TPSA) is 101 Å². The van der Waals surface area contributed by atoms with Crippen molar-refractivity contribution >= 4 is 16.9 Å². The standard InChI is InChI=1S/C21H29NO6/c1-12(23)8-9-13(2)26-21-18(24)10-19(14(3)27-21)28-20(25)16-11-22-17-7-5-4-6-15(16)17/h4-7,11-14,18-19,21-24H,8-10H2,1-3H3/t12-,13+,14-,18+,19+,21+/m0/s1. The van der Waals surface area contributed by atoms with Crippen molar-refractivity contribution in [2.45, 2.75) is 76.8 Å². The second-order valence-electron chi connectivity index (χ2n) is 7.58. The van der Waals surface area contributed by atoms with Gasteiger partial charge in [-0.05, 0) is 39.7 Å². The molecule has 7 nitrogen and oxygen atoms in total. The molecule has 6 atom stereocenters. The second-order valence-corrected chi connectivity index (χ2v) is 7.58. The summed E-state index contributed by atoms with van der Waals surface area (Å²) in [6.45, 7) is 5.41. The van der Waals surface area contributed by atoms with Crippen LogP contribution >= 0.6 is 0 Å². The van der Waals surface area contributed by atoms with Crippen LogP contribution in [0.4, 0.5) is 0 Å². The average molecular weight is 391 g/mol. The average Bonchev–Trinajstić information content (AvgIpc) is 3.08. The summed E-state index contributed by atoms with van der Waals surface area (Å²) < 4.78 is 17.2. The van der Waals surface area contributed by atoms with Crippen molar-refractivity contribution in [2.75, 3.05) is 0 Å². The van der Waals surface area contributed by atoms with Crippen LogP contribution in [0.25, 0.3) is 10.9 Å². The monoisotopic (exact) mass is 391 g/mol. The Kier molecular flexibility index (Phi) is 6.72. The number of hydrogen-bond acceptors (Lipinski definition) is 6. The normalized spacial score (nSPS) is 27.5. The van der Waals surface area contributed by atoms with Gasteiger partial charge in [0.25, 0.3) is 0 Å². The van der Waals surface area contributed by atoms with Crippen molar-refractivity contribution in [3.05, 3.63) is 36.0 Å². The van der Waals surface area contributed by atoms with Crippen molar-refractivity contribution in [1.82, 2.24) is 4.98 Å². The quantitative estimate of drug-likeness (QED) is 0.628. The van der Waals surface area contributed by atoms with Gasteiger partial charge in [-0.15, -0.1) is 0 Å². The van der Waals surface area contributed by atoms with Crippen LogP contribution in [0.1, 0.15) is 50.4 Å². The Morgan fingerprint density at radius 3 is 2.82 bits per heavy atom. The molecule has 1 aromatic heterocycles. The lowest BCUT2D eigenvalue weighted by atomic mass is 10.0. The second kappa shape index (κ2) is 9.05. The molecule has 3 rings (SSSR count). The van der Waals surface area contributed by atoms with E-state index < -0.39 is 36.7 Å². The number of para-hydroxylation sites is 1. The summed E-state index contributed by atoms with van der Waals surface area (Å²) in [4.78, 5) is 15.7. The smallest absolute Gasteiger partial charge is 0.340 e. The van der Waals surface area contributed by atoms with E-state index in [2.05, 4.69) is 4.98 Å². The fourth-order valence-corrected chi connectivity index (χ4v) is 3.41. The van der Waals surface area contributed by atoms with Gasteiger partial charge in [0.2, 0.25) is 0 Å². The van der Waals surface area contributed by atoms with Crippen LogP contribution in [0.2, 0.25) is 0 Å². The van der Waals surface area contributed by atoms with E-state index in [0.717, 1.165) is 10.9 Å². The molecule has 1 aromatic carbocycles. The molecular formula is C21H29NO6. The highest BCUT2D eigenvalue weighted by atomic mass is 16.7. The van der Waals surface area contributed by atoms with Crippen LogP contribution in [-0.4, -0.2) is 58.0 Å². The molecule has 1 saturated heterocycles. The minimum Gasteiger partial charge on any atom is -0.456 e. The summed E-state index contributed by atoms with van der Waals surface area (Å²) in [5, 5.41) is 20.6. The van der Waals surface area contributed by atoms with Gasteiger partial charge in [-0.3, -0.25) is 0 Å². The number of nitrogens with one attached hydrogen (secondary N) is 1. The van der Waals surface area contributed by atoms with Crippen molar-refractivity contribution < 1.29 is 29.2 Å². The number of aliphatic hydroxyl groups excluding tert-OH is 2. The van der Waals surface area contributed by atoms with E-state index in [1.54, 1.807) is 20.0 Å². The van der Waals surface area contributed by atoms with E-state index in [9.17, 15) is 15.0 Å². The Balaban J connectivity index is 1.57. The predicted octanol–water partition coefficient (Wildman–Crippen LogP) is 2.76. The molecule has 1 aliphatic heterocycles. The Labute approximate surface area is 164 Å². The molecule has 0 aliphatic carbocycles. The maximum Gasteiger partial charge on any atom is 0.340 e. The highest BCUT2D eigenvalue weighted by molar-refractivity contribution is 6.04. The highest BCUT2D eigenvalue weighted by Crippen LogP contribution is 2.27. The summed E-state index contributed by atoms with van der Waals surface area (Å²) in [6.07, 6.45) is -0.0518. The Bertz CT molecular complexity index is 788. The van der Waals surface area contributed by atoms with Gasteiger partial charge < -0.3 is 29.4 Å². The maximum absolute atomic E-state index is 12.6. The molecule has 28 heavy (non-hydrogen) atoms. The molecule has 7 heteroatoms. The Morgan fingerprint density at radius 1 is 1.32 bits per heavy atom. The fourth-order valence-electron chi connectivity index (χ4n) is 3.41. The zero-order valence-corrected chi connectivity index (χ0v) is 16.5. The van der Waals surface area contributed by atoms with E-state index in [4.69, 9.17) is 14.2 Å². The van der Waals surface area contributed by atoms with E-state index in [1.165, 1.54) is 0 Å². The molecule has 2 heterocycles. The van der Waals surface area contributed by atoms with Crippen LogP contribution < -0.4 is 0 Å². The van der Waals surface area contributed by atoms with Crippen molar-refractivity contribution in [2.24, 2.45) is 0 Å². The first-order valence-corrected chi connectivity index (χ1v) is 9.79. The number of fused-ring (bicyclic) bond motifs is 1. The van der Waals surface area contributed by atoms with E-state index in [1.807, 2.05) is 31.2 Å². The molecule has 154 valence electrons. The third kappa shape index (κ3) is 4.91. The first-order valence-electron chi connectivity index (χ1n) is 9.79. The third-order valence-corrected chi connectivity index (χ3v) is 5.09. The zero-order valence-electron chi connectivity index (χ0n) is 16.5. The molecule has 0 bridgehead atoms. The minimum atomic E-state index is -0.897. The van der Waals surface area contributed by atoms with Crippen LogP contribution in [-0.2, 0) is 14.2 Å². The summed E-state index contributed by atoms with van der Waals surface area (Å²) in [5.74, 6) is -0.449. The highest BCUT2D eigenvalue weighted by Gasteiger charge is 2.38. The molecule has 0 unspecified atom stereocenters. The van der Waals surface area contributed by atoms with E-state index >= 15 is 0 Å². The van der Waals surface area contributed by atoms with Gasteiger partial charge in [-0.1, -0.05) is 18.2 Å². The van der Waals surface area contributed by atoms with Gasteiger partial charge in [0, 0.05) is 23.5 Å². The molecule has 1 fully saturated rings. The number of esters is 1. The number of hydrogen-bond donors (Lipinski definition) is 3. The van der Waals surface area contributed by atoms with Gasteiger partial charge >= 0.3 is 5.97 Å². The number of carbonyl (C=O) groups is 1. The summed E-state index contributed by atoms with van der Waals surface area (Å²) in [6, 6.07) is 7.51. The number of rotatable bonds is 7. The summed E-state index contributed by atoms with van der Waals surface area (Å²) in [5.41, 5.74) is 1.32.